The first kappa shape index (κ1) is 19.4. The number of phenolic OH excluding ortho intramolecular Hbond substituents is 1. The van der Waals surface area contributed by atoms with E-state index < -0.39 is 10.4 Å². The van der Waals surface area contributed by atoms with Gasteiger partial charge in [0, 0.05) is 19.7 Å². The molecule has 138 valence electrons. The van der Waals surface area contributed by atoms with Crippen LogP contribution in [0.25, 0.3) is 11.8 Å². The molecule has 0 aliphatic heterocycles. The van der Waals surface area contributed by atoms with Gasteiger partial charge in [-0.25, -0.2) is 0 Å². The van der Waals surface area contributed by atoms with E-state index in [0.717, 1.165) is 5.56 Å². The summed E-state index contributed by atoms with van der Waals surface area (Å²) in [5.74, 6) is -0.0648. The lowest BCUT2D eigenvalue weighted by Crippen LogP contribution is -2.03. The van der Waals surface area contributed by atoms with E-state index in [2.05, 4.69) is 10.3 Å². The molecule has 2 aromatic rings. The maximum atomic E-state index is 11.2. The molecular weight excluding hydrogens is 358 g/mol. The van der Waals surface area contributed by atoms with E-state index in [1.807, 2.05) is 6.92 Å². The summed E-state index contributed by atoms with van der Waals surface area (Å²) in [6, 6.07) is 10.9. The third-order valence-electron chi connectivity index (χ3n) is 3.23. The Morgan fingerprint density at radius 3 is 2.35 bits per heavy atom. The Kier molecular flexibility index (Phi) is 5.96. The molecule has 0 spiro atoms. The van der Waals surface area contributed by atoms with Crippen molar-refractivity contribution >= 4 is 27.9 Å². The number of rotatable bonds is 6. The molecule has 0 heterocycles. The van der Waals surface area contributed by atoms with Gasteiger partial charge in [-0.15, -0.1) is 5.11 Å². The number of benzene rings is 2. The number of aromatic hydroxyl groups is 1. The number of phenols is 1. The van der Waals surface area contributed by atoms with Gasteiger partial charge in [0.15, 0.2) is 5.76 Å². The van der Waals surface area contributed by atoms with E-state index >= 15 is 0 Å². The lowest BCUT2D eigenvalue weighted by molar-refractivity contribution is 0.371. The van der Waals surface area contributed by atoms with Crippen LogP contribution in [0.5, 0.6) is 5.75 Å². The first-order valence-electron chi connectivity index (χ1n) is 7.52. The smallest absolute Gasteiger partial charge is 0.446 e. The van der Waals surface area contributed by atoms with Crippen molar-refractivity contribution in [1.29, 1.82) is 0 Å². The van der Waals surface area contributed by atoms with Crippen molar-refractivity contribution < 1.29 is 22.3 Å². The Hall–Kier alpha value is -2.91. The molecule has 0 radical (unpaired) electrons. The summed E-state index contributed by atoms with van der Waals surface area (Å²) in [6.45, 7) is 1.82. The molecule has 0 aliphatic carbocycles. The first-order valence-corrected chi connectivity index (χ1v) is 8.88. The van der Waals surface area contributed by atoms with Crippen LogP contribution in [-0.4, -0.2) is 37.2 Å². The molecule has 0 bridgehead atoms. The highest BCUT2D eigenvalue weighted by atomic mass is 32.3. The molecule has 26 heavy (non-hydrogen) atoms. The predicted molar refractivity (Wildman–Crippen MR) is 98.0 cm³/mol. The van der Waals surface area contributed by atoms with E-state index in [4.69, 9.17) is 8.74 Å². The molecule has 0 saturated heterocycles. The molecule has 0 fully saturated rings. The summed E-state index contributed by atoms with van der Waals surface area (Å²) in [6.07, 6.45) is 1.47. The van der Waals surface area contributed by atoms with Crippen molar-refractivity contribution in [2.75, 3.05) is 14.1 Å². The van der Waals surface area contributed by atoms with Gasteiger partial charge in [-0.05, 0) is 60.5 Å². The molecule has 2 aromatic carbocycles. The Morgan fingerprint density at radius 2 is 1.81 bits per heavy atom. The Labute approximate surface area is 152 Å². The van der Waals surface area contributed by atoms with Crippen molar-refractivity contribution in [3.8, 4) is 5.75 Å². The normalized spacial score (nSPS) is 12.4. The van der Waals surface area contributed by atoms with Crippen molar-refractivity contribution in [2.24, 2.45) is 10.3 Å². The number of hydrogen-bond acceptors (Lipinski definition) is 6. The van der Waals surface area contributed by atoms with Crippen LogP contribution in [0.3, 0.4) is 0 Å². The van der Waals surface area contributed by atoms with Crippen LogP contribution in [0, 0.1) is 6.92 Å². The lowest BCUT2D eigenvalue weighted by Gasteiger charge is -2.09. The van der Waals surface area contributed by atoms with E-state index in [9.17, 15) is 13.5 Å². The van der Waals surface area contributed by atoms with Crippen LogP contribution >= 0.6 is 0 Å². The molecule has 0 aromatic heterocycles. The van der Waals surface area contributed by atoms with Gasteiger partial charge in [0.05, 0.1) is 5.69 Å². The molecule has 9 heteroatoms. The van der Waals surface area contributed by atoms with Gasteiger partial charge in [-0.1, -0.05) is 11.3 Å². The first-order chi connectivity index (χ1) is 12.1. The monoisotopic (exact) mass is 377 g/mol. The fourth-order valence-corrected chi connectivity index (χ4v) is 2.43. The summed E-state index contributed by atoms with van der Waals surface area (Å²) in [5, 5.41) is 18.9. The maximum absolute atomic E-state index is 11.2. The zero-order valence-electron chi connectivity index (χ0n) is 14.5. The van der Waals surface area contributed by atoms with Crippen molar-refractivity contribution in [2.45, 2.75) is 6.92 Å². The number of aryl methyl sites for hydroxylation is 1. The fraction of sp³-hybridized carbons (Fsp3) is 0.176. The summed E-state index contributed by atoms with van der Waals surface area (Å²) in [5.41, 5.74) is 2.47. The average molecular weight is 377 g/mol. The van der Waals surface area contributed by atoms with Gasteiger partial charge < -0.3 is 9.29 Å². The minimum atomic E-state index is -4.71. The topological polar surface area (TPSA) is 112 Å². The van der Waals surface area contributed by atoms with Gasteiger partial charge in [-0.3, -0.25) is 9.56 Å². The minimum absolute atomic E-state index is 0.0201. The highest BCUT2D eigenvalue weighted by Crippen LogP contribution is 2.26. The molecule has 2 rings (SSSR count). The molecule has 0 amide bonds. The van der Waals surface area contributed by atoms with E-state index in [1.165, 1.54) is 30.3 Å². The summed E-state index contributed by atoms with van der Waals surface area (Å²) >= 11 is 0. The van der Waals surface area contributed by atoms with Gasteiger partial charge in [-0.2, -0.15) is 8.42 Å². The summed E-state index contributed by atoms with van der Waals surface area (Å²) in [4.78, 5) is 0. The van der Waals surface area contributed by atoms with E-state index in [0.29, 0.717) is 16.8 Å². The van der Waals surface area contributed by atoms with E-state index in [-0.39, 0.29) is 11.5 Å². The van der Waals surface area contributed by atoms with Gasteiger partial charge in [0.1, 0.15) is 5.75 Å². The van der Waals surface area contributed by atoms with Crippen molar-refractivity contribution in [1.82, 2.24) is 5.01 Å². The van der Waals surface area contributed by atoms with Crippen molar-refractivity contribution in [3.63, 3.8) is 0 Å². The molecule has 0 atom stereocenters. The number of nitrogens with zero attached hydrogens (tertiary/aromatic N) is 3. The molecule has 8 nitrogen and oxygen atoms in total. The second kappa shape index (κ2) is 7.98. The second-order valence-corrected chi connectivity index (χ2v) is 6.67. The van der Waals surface area contributed by atoms with Gasteiger partial charge >= 0.3 is 10.4 Å². The highest BCUT2D eigenvalue weighted by Gasteiger charge is 2.13. The van der Waals surface area contributed by atoms with Crippen LogP contribution in [-0.2, 0) is 14.6 Å². The lowest BCUT2D eigenvalue weighted by atomic mass is 10.1. The fourth-order valence-electron chi connectivity index (χ4n) is 2.06. The second-order valence-electron chi connectivity index (χ2n) is 5.64. The zero-order chi connectivity index (χ0) is 19.3. The zero-order valence-corrected chi connectivity index (χ0v) is 15.3. The predicted octanol–water partition coefficient (Wildman–Crippen LogP) is 3.58. The van der Waals surface area contributed by atoms with E-state index in [1.54, 1.807) is 37.3 Å². The summed E-state index contributed by atoms with van der Waals surface area (Å²) < 4.78 is 36.1. The molecular formula is C17H19N3O5S. The van der Waals surface area contributed by atoms with Crippen LogP contribution in [0.2, 0.25) is 0 Å². The van der Waals surface area contributed by atoms with Gasteiger partial charge in [0.2, 0.25) is 0 Å². The van der Waals surface area contributed by atoms with Crippen LogP contribution in [0.1, 0.15) is 16.7 Å². The third-order valence-corrected chi connectivity index (χ3v) is 3.62. The molecule has 0 unspecified atom stereocenters. The maximum Gasteiger partial charge on any atom is 0.446 e. The third kappa shape index (κ3) is 5.87. The SMILES string of the molecule is Cc1cc(N=NN(C)C)ccc1C=C(OS(=O)(=O)O)c1ccc(O)cc1. The van der Waals surface area contributed by atoms with Crippen LogP contribution in [0.4, 0.5) is 5.69 Å². The molecule has 0 saturated carbocycles. The van der Waals surface area contributed by atoms with Crippen LogP contribution < -0.4 is 0 Å². The Bertz CT molecular complexity index is 935. The minimum Gasteiger partial charge on any atom is -0.508 e. The van der Waals surface area contributed by atoms with Crippen molar-refractivity contribution in [3.05, 3.63) is 59.2 Å². The Balaban J connectivity index is 2.44. The van der Waals surface area contributed by atoms with Crippen LogP contribution in [0.15, 0.2) is 52.8 Å². The Morgan fingerprint density at radius 1 is 1.15 bits per heavy atom. The number of hydrogen-bond donors (Lipinski definition) is 2. The quantitative estimate of drug-likeness (QED) is 0.262. The highest BCUT2D eigenvalue weighted by molar-refractivity contribution is 7.81. The molecule has 2 N–H and O–H groups in total. The average Bonchev–Trinajstić information content (AvgIpc) is 2.54. The molecule has 0 aliphatic rings. The largest absolute Gasteiger partial charge is 0.508 e. The standard InChI is InChI=1S/C17H19N3O5S/c1-12-10-15(18-19-20(2)3)7-4-14(12)11-17(25-26(22,23)24)13-5-8-16(21)9-6-13/h4-11,21H,1-3H3,(H,22,23,24). The van der Waals surface area contributed by atoms with Gasteiger partial charge in [0.25, 0.3) is 0 Å². The summed E-state index contributed by atoms with van der Waals surface area (Å²) in [7, 11) is -1.20.